The van der Waals surface area contributed by atoms with Crippen LogP contribution in [-0.4, -0.2) is 65.9 Å². The van der Waals surface area contributed by atoms with E-state index in [2.05, 4.69) is 9.72 Å². The SMILES string of the molecule is COC(=O)OCOc1c2n(ccc1=O)N(C1c3ccccc3-c3scnc3-c3c1ccc(F)c3F)C1COCC(C)N1C2=O. The summed E-state index contributed by atoms with van der Waals surface area (Å²) in [6.45, 7) is 1.43. The van der Waals surface area contributed by atoms with E-state index in [1.54, 1.807) is 10.4 Å². The third-order valence-corrected chi connectivity index (χ3v) is 8.85. The second kappa shape index (κ2) is 10.7. The number of methoxy groups -OCH3 is 1. The molecule has 0 bridgehead atoms. The van der Waals surface area contributed by atoms with Crippen LogP contribution in [0.2, 0.25) is 0 Å². The molecule has 7 rings (SSSR count). The van der Waals surface area contributed by atoms with Gasteiger partial charge in [0.15, 0.2) is 17.3 Å². The number of hydrogen-bond donors (Lipinski definition) is 0. The molecular formula is C30H24F2N4O7S. The fraction of sp³-hybridized carbons (Fsp3) is 0.267. The lowest BCUT2D eigenvalue weighted by atomic mass is 9.92. The number of fused-ring (bicyclic) bond motifs is 7. The summed E-state index contributed by atoms with van der Waals surface area (Å²) in [5.41, 5.74) is 3.03. The third kappa shape index (κ3) is 4.16. The van der Waals surface area contributed by atoms with Gasteiger partial charge in [-0.05, 0) is 29.7 Å². The van der Waals surface area contributed by atoms with E-state index in [0.717, 1.165) is 24.3 Å². The van der Waals surface area contributed by atoms with Crippen LogP contribution in [0, 0.1) is 11.6 Å². The second-order valence-corrected chi connectivity index (χ2v) is 11.2. The van der Waals surface area contributed by atoms with E-state index in [9.17, 15) is 18.8 Å². The molecule has 14 heteroatoms. The van der Waals surface area contributed by atoms with Gasteiger partial charge in [-0.2, -0.15) is 0 Å². The molecular weight excluding hydrogens is 598 g/mol. The van der Waals surface area contributed by atoms with E-state index in [1.165, 1.54) is 34.3 Å². The number of amides is 1. The van der Waals surface area contributed by atoms with Gasteiger partial charge in [-0.25, -0.2) is 18.6 Å². The Hall–Kier alpha value is -4.82. The zero-order chi connectivity index (χ0) is 30.7. The maximum absolute atomic E-state index is 15.8. The molecule has 2 aliphatic heterocycles. The average Bonchev–Trinajstić information content (AvgIpc) is 3.47. The minimum atomic E-state index is -1.05. The van der Waals surface area contributed by atoms with Crippen molar-refractivity contribution in [3.05, 3.63) is 92.9 Å². The number of pyridine rings is 1. The number of morpholine rings is 1. The first-order valence-corrected chi connectivity index (χ1v) is 14.5. The van der Waals surface area contributed by atoms with Gasteiger partial charge in [0.25, 0.3) is 5.91 Å². The highest BCUT2D eigenvalue weighted by Crippen LogP contribution is 2.50. The zero-order valence-electron chi connectivity index (χ0n) is 23.4. The molecule has 4 aromatic rings. The highest BCUT2D eigenvalue weighted by Gasteiger charge is 2.49. The molecule has 2 aromatic carbocycles. The summed E-state index contributed by atoms with van der Waals surface area (Å²) in [6.07, 6.45) is -0.336. The minimum absolute atomic E-state index is 0.00113. The summed E-state index contributed by atoms with van der Waals surface area (Å²) in [4.78, 5) is 45.6. The molecule has 44 heavy (non-hydrogen) atoms. The Morgan fingerprint density at radius 1 is 1.11 bits per heavy atom. The summed E-state index contributed by atoms with van der Waals surface area (Å²) >= 11 is 1.31. The molecule has 0 spiro atoms. The number of ether oxygens (including phenoxy) is 4. The number of nitrogens with zero attached hydrogens (tertiary/aromatic N) is 4. The van der Waals surface area contributed by atoms with Crippen LogP contribution in [0.5, 0.6) is 5.75 Å². The normalized spacial score (nSPS) is 20.0. The molecule has 3 unspecified atom stereocenters. The Morgan fingerprint density at radius 3 is 2.75 bits per heavy atom. The molecule has 2 aromatic heterocycles. The predicted octanol–water partition coefficient (Wildman–Crippen LogP) is 4.28. The maximum atomic E-state index is 15.8. The standard InChI is InChI=1S/C30H24F2N4O7S/c1-15-11-41-12-21-35(15)29(38)26-27(42-14-43-30(39)40-2)20(37)9-10-34(26)36(21)25-16-5-3-4-6-17(16)28-24(33-13-44-28)22-18(25)7-8-19(31)23(22)32/h3-10,13,15,21,25H,11-12,14H2,1-2H3. The van der Waals surface area contributed by atoms with Crippen molar-refractivity contribution in [1.29, 1.82) is 0 Å². The Labute approximate surface area is 252 Å². The number of rotatable bonds is 4. The molecule has 4 heterocycles. The molecule has 0 radical (unpaired) electrons. The van der Waals surface area contributed by atoms with Crippen LogP contribution in [0.1, 0.15) is 34.6 Å². The van der Waals surface area contributed by atoms with Gasteiger partial charge in [0, 0.05) is 17.8 Å². The molecule has 1 amide bonds. The lowest BCUT2D eigenvalue weighted by molar-refractivity contribution is -0.0473. The van der Waals surface area contributed by atoms with Crippen molar-refractivity contribution < 1.29 is 37.3 Å². The van der Waals surface area contributed by atoms with Crippen LogP contribution >= 0.6 is 11.3 Å². The Balaban J connectivity index is 1.51. The van der Waals surface area contributed by atoms with Gasteiger partial charge in [-0.15, -0.1) is 11.3 Å². The van der Waals surface area contributed by atoms with Gasteiger partial charge in [-0.3, -0.25) is 19.3 Å². The van der Waals surface area contributed by atoms with Gasteiger partial charge in [-0.1, -0.05) is 30.3 Å². The van der Waals surface area contributed by atoms with Crippen LogP contribution in [0.4, 0.5) is 13.6 Å². The maximum Gasteiger partial charge on any atom is 0.510 e. The topological polar surface area (TPSA) is 112 Å². The highest BCUT2D eigenvalue weighted by molar-refractivity contribution is 7.13. The Bertz CT molecular complexity index is 1880. The van der Waals surface area contributed by atoms with E-state index in [1.807, 2.05) is 36.2 Å². The third-order valence-electron chi connectivity index (χ3n) is 7.99. The highest BCUT2D eigenvalue weighted by atomic mass is 32.1. The van der Waals surface area contributed by atoms with Crippen molar-refractivity contribution in [2.75, 3.05) is 32.1 Å². The summed E-state index contributed by atoms with van der Waals surface area (Å²) in [7, 11) is 1.12. The minimum Gasteiger partial charge on any atom is -0.451 e. The lowest BCUT2D eigenvalue weighted by Crippen LogP contribution is -2.68. The van der Waals surface area contributed by atoms with Gasteiger partial charge in [0.05, 0.1) is 48.5 Å². The van der Waals surface area contributed by atoms with E-state index >= 15 is 4.39 Å². The zero-order valence-corrected chi connectivity index (χ0v) is 24.2. The van der Waals surface area contributed by atoms with E-state index < -0.39 is 54.2 Å². The first-order chi connectivity index (χ1) is 21.3. The van der Waals surface area contributed by atoms with Crippen LogP contribution in [-0.2, 0) is 14.2 Å². The summed E-state index contributed by atoms with van der Waals surface area (Å²) in [6, 6.07) is 10.0. The first-order valence-electron chi connectivity index (χ1n) is 13.6. The van der Waals surface area contributed by atoms with Crippen LogP contribution in [0.25, 0.3) is 21.7 Å². The molecule has 226 valence electrons. The second-order valence-electron chi connectivity index (χ2n) is 10.4. The average molecular weight is 623 g/mol. The Kier molecular flexibility index (Phi) is 6.81. The van der Waals surface area contributed by atoms with E-state index in [0.29, 0.717) is 16.1 Å². The monoisotopic (exact) mass is 622 g/mol. The Morgan fingerprint density at radius 2 is 1.93 bits per heavy atom. The summed E-state index contributed by atoms with van der Waals surface area (Å²) in [5, 5.41) is 1.81. The molecule has 3 aliphatic rings. The van der Waals surface area contributed by atoms with Crippen molar-refractivity contribution in [2.24, 2.45) is 0 Å². The number of halogens is 2. The van der Waals surface area contributed by atoms with Crippen molar-refractivity contribution >= 4 is 23.4 Å². The number of benzene rings is 2. The molecule has 1 aliphatic carbocycles. The number of aromatic nitrogens is 2. The van der Waals surface area contributed by atoms with Crippen molar-refractivity contribution in [2.45, 2.75) is 25.2 Å². The van der Waals surface area contributed by atoms with Crippen molar-refractivity contribution in [1.82, 2.24) is 14.6 Å². The summed E-state index contributed by atoms with van der Waals surface area (Å²) < 4.78 is 53.0. The van der Waals surface area contributed by atoms with E-state index in [4.69, 9.17) is 14.2 Å². The fourth-order valence-electron chi connectivity index (χ4n) is 6.18. The number of thiazole rings is 1. The van der Waals surface area contributed by atoms with Gasteiger partial charge in [0.1, 0.15) is 6.17 Å². The largest absolute Gasteiger partial charge is 0.510 e. The molecule has 0 N–H and O–H groups in total. The fourth-order valence-corrected chi connectivity index (χ4v) is 7.02. The predicted molar refractivity (Wildman–Crippen MR) is 153 cm³/mol. The van der Waals surface area contributed by atoms with Gasteiger partial charge in [0.2, 0.25) is 18.0 Å². The number of carbonyl (C=O) groups excluding carboxylic acids is 2. The smallest absolute Gasteiger partial charge is 0.451 e. The molecule has 11 nitrogen and oxygen atoms in total. The quantitative estimate of drug-likeness (QED) is 0.243. The number of carbonyl (C=O) groups is 2. The molecule has 0 saturated carbocycles. The lowest BCUT2D eigenvalue weighted by Gasteiger charge is -2.53. The van der Waals surface area contributed by atoms with Crippen LogP contribution in [0.3, 0.4) is 0 Å². The first kappa shape index (κ1) is 28.0. The van der Waals surface area contributed by atoms with Crippen LogP contribution in [0.15, 0.2) is 59.0 Å². The van der Waals surface area contributed by atoms with Crippen LogP contribution < -0.4 is 15.2 Å². The van der Waals surface area contributed by atoms with Crippen molar-refractivity contribution in [3.63, 3.8) is 0 Å². The van der Waals surface area contributed by atoms with Gasteiger partial charge < -0.3 is 23.8 Å². The van der Waals surface area contributed by atoms with E-state index in [-0.39, 0.29) is 30.2 Å². The molecule has 3 atom stereocenters. The molecule has 1 fully saturated rings. The molecule has 1 saturated heterocycles. The summed E-state index contributed by atoms with van der Waals surface area (Å²) in [5.74, 6) is -2.93. The van der Waals surface area contributed by atoms with Gasteiger partial charge >= 0.3 is 6.16 Å². The number of hydrogen-bond acceptors (Lipinski definition) is 10. The van der Waals surface area contributed by atoms with Crippen molar-refractivity contribution in [3.8, 4) is 27.4 Å².